The molecule has 0 heterocycles. The summed E-state index contributed by atoms with van der Waals surface area (Å²) in [4.78, 5) is 4.42. The largest absolute Gasteiger partial charge is 0.492 e. The molecule has 136 valence electrons. The first-order valence-electron chi connectivity index (χ1n) is 7.91. The van der Waals surface area contributed by atoms with Crippen LogP contribution in [-0.2, 0) is 9.84 Å². The standard InChI is InChI=1S/C16H26ClN3O3S/c1-4-18-16(20-13(2)9-12-24(3,21)22)19-10-11-23-15-7-5-14(17)6-8-15/h5-8,13H,4,9-12H2,1-3H3,(H2,18,19,20). The monoisotopic (exact) mass is 375 g/mol. The number of guanidine groups is 1. The van der Waals surface area contributed by atoms with E-state index in [-0.39, 0.29) is 11.8 Å². The summed E-state index contributed by atoms with van der Waals surface area (Å²) in [7, 11) is -2.95. The summed E-state index contributed by atoms with van der Waals surface area (Å²) in [6.07, 6.45) is 1.78. The fourth-order valence-corrected chi connectivity index (χ4v) is 2.78. The second-order valence-corrected chi connectivity index (χ2v) is 8.22. The molecule has 6 nitrogen and oxygen atoms in total. The van der Waals surface area contributed by atoms with Gasteiger partial charge in [-0.2, -0.15) is 0 Å². The van der Waals surface area contributed by atoms with Crippen LogP contribution in [0.3, 0.4) is 0 Å². The van der Waals surface area contributed by atoms with Gasteiger partial charge in [0.2, 0.25) is 0 Å². The molecule has 1 aromatic carbocycles. The fraction of sp³-hybridized carbons (Fsp3) is 0.562. The zero-order valence-electron chi connectivity index (χ0n) is 14.4. The molecule has 0 aliphatic rings. The molecule has 8 heteroatoms. The minimum Gasteiger partial charge on any atom is -0.492 e. The first-order chi connectivity index (χ1) is 11.3. The fourth-order valence-electron chi connectivity index (χ4n) is 1.87. The molecule has 0 fully saturated rings. The van der Waals surface area contributed by atoms with E-state index in [1.54, 1.807) is 12.1 Å². The van der Waals surface area contributed by atoms with Crippen molar-refractivity contribution < 1.29 is 13.2 Å². The molecule has 1 rings (SSSR count). The lowest BCUT2D eigenvalue weighted by Crippen LogP contribution is -2.43. The quantitative estimate of drug-likeness (QED) is 0.392. The predicted molar refractivity (Wildman–Crippen MR) is 99.9 cm³/mol. The van der Waals surface area contributed by atoms with Crippen molar-refractivity contribution >= 4 is 27.4 Å². The number of rotatable bonds is 9. The normalized spacial score (nSPS) is 13.4. The molecule has 0 radical (unpaired) electrons. The summed E-state index contributed by atoms with van der Waals surface area (Å²) in [5.41, 5.74) is 0. The smallest absolute Gasteiger partial charge is 0.191 e. The number of halogens is 1. The molecule has 1 atom stereocenters. The van der Waals surface area contributed by atoms with Gasteiger partial charge in [-0.05, 0) is 44.5 Å². The van der Waals surface area contributed by atoms with Crippen molar-refractivity contribution in [1.82, 2.24) is 10.6 Å². The average Bonchev–Trinajstić information content (AvgIpc) is 2.51. The Morgan fingerprint density at radius 1 is 1.33 bits per heavy atom. The van der Waals surface area contributed by atoms with Gasteiger partial charge in [0.1, 0.15) is 22.2 Å². The Hall–Kier alpha value is -1.47. The van der Waals surface area contributed by atoms with Gasteiger partial charge < -0.3 is 15.4 Å². The van der Waals surface area contributed by atoms with Crippen LogP contribution in [0.15, 0.2) is 29.3 Å². The van der Waals surface area contributed by atoms with E-state index in [1.165, 1.54) is 6.26 Å². The lowest BCUT2D eigenvalue weighted by molar-refractivity contribution is 0.328. The van der Waals surface area contributed by atoms with Crippen LogP contribution in [0.25, 0.3) is 0 Å². The summed E-state index contributed by atoms with van der Waals surface area (Å²) in [5.74, 6) is 1.55. The van der Waals surface area contributed by atoms with Crippen LogP contribution >= 0.6 is 11.6 Å². The Labute approximate surface area is 149 Å². The molecular formula is C16H26ClN3O3S. The van der Waals surface area contributed by atoms with Crippen molar-refractivity contribution in [3.05, 3.63) is 29.3 Å². The van der Waals surface area contributed by atoms with E-state index < -0.39 is 9.84 Å². The number of sulfone groups is 1. The van der Waals surface area contributed by atoms with Gasteiger partial charge in [-0.15, -0.1) is 0 Å². The van der Waals surface area contributed by atoms with E-state index in [1.807, 2.05) is 26.0 Å². The summed E-state index contributed by atoms with van der Waals surface area (Å²) in [6.45, 7) is 5.56. The van der Waals surface area contributed by atoms with Crippen molar-refractivity contribution in [2.75, 3.05) is 31.7 Å². The molecule has 1 unspecified atom stereocenters. The van der Waals surface area contributed by atoms with Gasteiger partial charge in [0.15, 0.2) is 5.96 Å². The number of aliphatic imine (C=N–C) groups is 1. The zero-order valence-corrected chi connectivity index (χ0v) is 16.0. The molecule has 24 heavy (non-hydrogen) atoms. The van der Waals surface area contributed by atoms with Crippen LogP contribution in [0, 0.1) is 0 Å². The Bertz CT molecular complexity index is 618. The van der Waals surface area contributed by atoms with E-state index in [2.05, 4.69) is 15.6 Å². The van der Waals surface area contributed by atoms with Gasteiger partial charge in [0.25, 0.3) is 0 Å². The van der Waals surface area contributed by atoms with Crippen LogP contribution in [-0.4, -0.2) is 52.1 Å². The molecule has 2 N–H and O–H groups in total. The third kappa shape index (κ3) is 9.62. The van der Waals surface area contributed by atoms with E-state index in [0.717, 1.165) is 12.3 Å². The van der Waals surface area contributed by atoms with Crippen LogP contribution in [0.2, 0.25) is 5.02 Å². The van der Waals surface area contributed by atoms with Gasteiger partial charge in [-0.25, -0.2) is 13.4 Å². The van der Waals surface area contributed by atoms with Crippen LogP contribution < -0.4 is 15.4 Å². The highest BCUT2D eigenvalue weighted by Crippen LogP contribution is 2.15. The molecule has 0 bridgehead atoms. The topological polar surface area (TPSA) is 79.8 Å². The lowest BCUT2D eigenvalue weighted by Gasteiger charge is -2.17. The van der Waals surface area contributed by atoms with Gasteiger partial charge in [-0.3, -0.25) is 0 Å². The van der Waals surface area contributed by atoms with E-state index in [4.69, 9.17) is 16.3 Å². The Morgan fingerprint density at radius 3 is 2.58 bits per heavy atom. The van der Waals surface area contributed by atoms with Crippen molar-refractivity contribution in [2.45, 2.75) is 26.3 Å². The molecule has 0 aliphatic heterocycles. The molecule has 0 spiro atoms. The maximum atomic E-state index is 11.2. The number of benzene rings is 1. The molecular weight excluding hydrogens is 350 g/mol. The molecule has 0 aliphatic carbocycles. The Morgan fingerprint density at radius 2 is 2.00 bits per heavy atom. The first kappa shape index (κ1) is 20.6. The number of hydrogen-bond acceptors (Lipinski definition) is 4. The van der Waals surface area contributed by atoms with Crippen molar-refractivity contribution in [1.29, 1.82) is 0 Å². The highest BCUT2D eigenvalue weighted by atomic mass is 35.5. The summed E-state index contributed by atoms with van der Waals surface area (Å²) < 4.78 is 28.0. The highest BCUT2D eigenvalue weighted by molar-refractivity contribution is 7.90. The van der Waals surface area contributed by atoms with Crippen molar-refractivity contribution in [2.24, 2.45) is 4.99 Å². The molecule has 1 aromatic rings. The Kier molecular flexibility index (Phi) is 8.92. The van der Waals surface area contributed by atoms with Crippen LogP contribution in [0.5, 0.6) is 5.75 Å². The third-order valence-electron chi connectivity index (χ3n) is 3.09. The number of hydrogen-bond donors (Lipinski definition) is 2. The number of ether oxygens (including phenoxy) is 1. The molecule has 0 amide bonds. The number of nitrogens with one attached hydrogen (secondary N) is 2. The zero-order chi connectivity index (χ0) is 18.0. The van der Waals surface area contributed by atoms with E-state index >= 15 is 0 Å². The molecule has 0 aromatic heterocycles. The number of nitrogens with zero attached hydrogens (tertiary/aromatic N) is 1. The average molecular weight is 376 g/mol. The molecule has 0 saturated carbocycles. The Balaban J connectivity index is 2.42. The minimum absolute atomic E-state index is 0.00899. The van der Waals surface area contributed by atoms with Gasteiger partial charge >= 0.3 is 0 Å². The summed E-state index contributed by atoms with van der Waals surface area (Å²) in [5, 5.41) is 7.00. The highest BCUT2D eigenvalue weighted by Gasteiger charge is 2.09. The van der Waals surface area contributed by atoms with E-state index in [0.29, 0.717) is 30.6 Å². The third-order valence-corrected chi connectivity index (χ3v) is 4.32. The van der Waals surface area contributed by atoms with Gasteiger partial charge in [-0.1, -0.05) is 11.6 Å². The lowest BCUT2D eigenvalue weighted by atomic mass is 10.3. The van der Waals surface area contributed by atoms with E-state index in [9.17, 15) is 8.42 Å². The minimum atomic E-state index is -2.95. The van der Waals surface area contributed by atoms with Gasteiger partial charge in [0.05, 0.1) is 12.3 Å². The second kappa shape index (κ2) is 10.4. The first-order valence-corrected chi connectivity index (χ1v) is 10.3. The van der Waals surface area contributed by atoms with Crippen molar-refractivity contribution in [3.63, 3.8) is 0 Å². The van der Waals surface area contributed by atoms with Gasteiger partial charge in [0, 0.05) is 23.9 Å². The summed E-state index contributed by atoms with van der Waals surface area (Å²) in [6, 6.07) is 7.17. The van der Waals surface area contributed by atoms with Crippen molar-refractivity contribution in [3.8, 4) is 5.75 Å². The van der Waals surface area contributed by atoms with Crippen LogP contribution in [0.1, 0.15) is 20.3 Å². The second-order valence-electron chi connectivity index (χ2n) is 5.53. The summed E-state index contributed by atoms with van der Waals surface area (Å²) >= 11 is 5.82. The SMILES string of the molecule is CCNC(=NCCOc1ccc(Cl)cc1)NC(C)CCS(C)(=O)=O. The maximum Gasteiger partial charge on any atom is 0.191 e. The van der Waals surface area contributed by atoms with Crippen LogP contribution in [0.4, 0.5) is 0 Å². The predicted octanol–water partition coefficient (Wildman–Crippen LogP) is 2.10. The maximum absolute atomic E-state index is 11.2. The molecule has 0 saturated heterocycles.